The molecule has 2 fully saturated rings. The van der Waals surface area contributed by atoms with Crippen LogP contribution >= 0.6 is 0 Å². The van der Waals surface area contributed by atoms with Crippen molar-refractivity contribution in [3.05, 3.63) is 65.7 Å². The Morgan fingerprint density at radius 1 is 1.00 bits per heavy atom. The Kier molecular flexibility index (Phi) is 4.54. The molecule has 3 heteroatoms. The van der Waals surface area contributed by atoms with E-state index in [1.165, 1.54) is 50.1 Å². The maximum absolute atomic E-state index is 6.11. The summed E-state index contributed by atoms with van der Waals surface area (Å²) < 4.78 is 6.11. The van der Waals surface area contributed by atoms with Crippen LogP contribution in [0.5, 0.6) is 5.75 Å². The van der Waals surface area contributed by atoms with E-state index in [-0.39, 0.29) is 0 Å². The zero-order valence-electron chi connectivity index (χ0n) is 14.2. The van der Waals surface area contributed by atoms with E-state index < -0.39 is 0 Å². The molecule has 0 amide bonds. The van der Waals surface area contributed by atoms with Gasteiger partial charge in [0.1, 0.15) is 12.4 Å². The third-order valence-electron chi connectivity index (χ3n) is 5.45. The van der Waals surface area contributed by atoms with Gasteiger partial charge in [-0.05, 0) is 43.0 Å². The molecule has 2 heterocycles. The molecule has 1 spiro atoms. The monoisotopic (exact) mass is 322 g/mol. The highest BCUT2D eigenvalue weighted by atomic mass is 16.5. The molecule has 24 heavy (non-hydrogen) atoms. The van der Waals surface area contributed by atoms with Gasteiger partial charge >= 0.3 is 0 Å². The highest BCUT2D eigenvalue weighted by Crippen LogP contribution is 2.37. The van der Waals surface area contributed by atoms with Crippen LogP contribution in [0, 0.1) is 5.41 Å². The maximum atomic E-state index is 6.11. The zero-order chi connectivity index (χ0) is 16.2. The summed E-state index contributed by atoms with van der Waals surface area (Å²) in [4.78, 5) is 2.59. The molecule has 0 aromatic heterocycles. The Bertz CT molecular complexity index is 665. The van der Waals surface area contributed by atoms with Gasteiger partial charge in [-0.1, -0.05) is 48.5 Å². The predicted molar refractivity (Wildman–Crippen MR) is 97.0 cm³/mol. The average Bonchev–Trinajstić information content (AvgIpc) is 3.25. The van der Waals surface area contributed by atoms with Crippen molar-refractivity contribution in [1.82, 2.24) is 10.2 Å². The van der Waals surface area contributed by atoms with E-state index in [1.807, 2.05) is 6.07 Å². The third kappa shape index (κ3) is 3.47. The first-order valence-corrected chi connectivity index (χ1v) is 9.01. The molecule has 1 atom stereocenters. The number of likely N-dealkylation sites (tertiary alicyclic amines) is 1. The Hall–Kier alpha value is -1.84. The molecule has 0 bridgehead atoms. The van der Waals surface area contributed by atoms with Crippen LogP contribution in [0.1, 0.15) is 24.0 Å². The van der Waals surface area contributed by atoms with Crippen molar-refractivity contribution in [3.63, 3.8) is 0 Å². The number of rotatable bonds is 5. The Morgan fingerprint density at radius 3 is 2.67 bits per heavy atom. The minimum atomic E-state index is 0.528. The number of ether oxygens (including phenoxy) is 1. The molecule has 2 aliphatic rings. The number of hydrogen-bond donors (Lipinski definition) is 1. The van der Waals surface area contributed by atoms with E-state index in [4.69, 9.17) is 4.74 Å². The zero-order valence-corrected chi connectivity index (χ0v) is 14.2. The Balaban J connectivity index is 1.40. The lowest BCUT2D eigenvalue weighted by Crippen LogP contribution is -2.29. The largest absolute Gasteiger partial charge is 0.489 e. The molecule has 2 aliphatic heterocycles. The summed E-state index contributed by atoms with van der Waals surface area (Å²) in [5.74, 6) is 1.02. The lowest BCUT2D eigenvalue weighted by atomic mass is 9.86. The summed E-state index contributed by atoms with van der Waals surface area (Å²) in [6.45, 7) is 6.42. The second kappa shape index (κ2) is 6.96. The van der Waals surface area contributed by atoms with Crippen LogP contribution in [0.25, 0.3) is 0 Å². The number of para-hydroxylation sites is 1. The second-order valence-corrected chi connectivity index (χ2v) is 7.27. The highest BCUT2D eigenvalue weighted by molar-refractivity contribution is 5.33. The number of hydrogen-bond acceptors (Lipinski definition) is 3. The number of nitrogens with one attached hydrogen (secondary N) is 1. The van der Waals surface area contributed by atoms with E-state index in [0.29, 0.717) is 12.0 Å². The fourth-order valence-electron chi connectivity index (χ4n) is 4.06. The van der Waals surface area contributed by atoms with Crippen LogP contribution in [-0.4, -0.2) is 31.1 Å². The molecule has 2 saturated heterocycles. The summed E-state index contributed by atoms with van der Waals surface area (Å²) in [5, 5.41) is 3.54. The minimum Gasteiger partial charge on any atom is -0.489 e. The summed E-state index contributed by atoms with van der Waals surface area (Å²) >= 11 is 0. The smallest absolute Gasteiger partial charge is 0.124 e. The van der Waals surface area contributed by atoms with Crippen LogP contribution in [0.15, 0.2) is 54.6 Å². The van der Waals surface area contributed by atoms with E-state index in [9.17, 15) is 0 Å². The molecule has 1 N–H and O–H groups in total. The Morgan fingerprint density at radius 2 is 1.83 bits per heavy atom. The van der Waals surface area contributed by atoms with Gasteiger partial charge in [0.25, 0.3) is 0 Å². The van der Waals surface area contributed by atoms with Gasteiger partial charge in [-0.25, -0.2) is 0 Å². The van der Waals surface area contributed by atoms with Gasteiger partial charge in [0.15, 0.2) is 0 Å². The normalized spacial score (nSPS) is 23.8. The fraction of sp³-hybridized carbons (Fsp3) is 0.429. The van der Waals surface area contributed by atoms with Crippen LogP contribution < -0.4 is 10.1 Å². The molecule has 1 unspecified atom stereocenters. The van der Waals surface area contributed by atoms with Crippen molar-refractivity contribution in [2.24, 2.45) is 5.41 Å². The number of nitrogens with zero attached hydrogens (tertiary/aromatic N) is 1. The first-order valence-electron chi connectivity index (χ1n) is 9.01. The van der Waals surface area contributed by atoms with Gasteiger partial charge in [0, 0.05) is 25.2 Å². The van der Waals surface area contributed by atoms with Gasteiger partial charge in [0.05, 0.1) is 0 Å². The van der Waals surface area contributed by atoms with Crippen molar-refractivity contribution in [2.75, 3.05) is 26.2 Å². The summed E-state index contributed by atoms with van der Waals surface area (Å²) in [7, 11) is 0. The molecule has 4 rings (SSSR count). The quantitative estimate of drug-likeness (QED) is 0.912. The summed E-state index contributed by atoms with van der Waals surface area (Å²) in [5.41, 5.74) is 3.04. The van der Waals surface area contributed by atoms with Gasteiger partial charge < -0.3 is 10.1 Å². The van der Waals surface area contributed by atoms with Crippen LogP contribution in [0.4, 0.5) is 0 Å². The van der Waals surface area contributed by atoms with Crippen LogP contribution in [-0.2, 0) is 13.2 Å². The molecule has 2 aromatic rings. The third-order valence-corrected chi connectivity index (χ3v) is 5.45. The van der Waals surface area contributed by atoms with Crippen molar-refractivity contribution in [3.8, 4) is 5.75 Å². The SMILES string of the molecule is c1ccc(COc2ccccc2CN2CCC3(CCNC3)C2)cc1. The molecular weight excluding hydrogens is 296 g/mol. The molecule has 2 aromatic carbocycles. The lowest BCUT2D eigenvalue weighted by Gasteiger charge is -2.23. The van der Waals surface area contributed by atoms with Crippen molar-refractivity contribution >= 4 is 0 Å². The standard InChI is InChI=1S/C21H26N2O/c1-2-6-18(7-3-1)15-24-20-9-5-4-8-19(20)14-23-13-11-21(17-23)10-12-22-16-21/h1-9,22H,10-17H2. The van der Waals surface area contributed by atoms with Crippen molar-refractivity contribution in [2.45, 2.75) is 26.0 Å². The van der Waals surface area contributed by atoms with Crippen LogP contribution in [0.3, 0.4) is 0 Å². The van der Waals surface area contributed by atoms with Gasteiger partial charge in [-0.3, -0.25) is 4.90 Å². The summed E-state index contributed by atoms with van der Waals surface area (Å²) in [6, 6.07) is 18.9. The van der Waals surface area contributed by atoms with Crippen molar-refractivity contribution in [1.29, 1.82) is 0 Å². The topological polar surface area (TPSA) is 24.5 Å². The van der Waals surface area contributed by atoms with Gasteiger partial charge in [-0.2, -0.15) is 0 Å². The van der Waals surface area contributed by atoms with Crippen molar-refractivity contribution < 1.29 is 4.74 Å². The second-order valence-electron chi connectivity index (χ2n) is 7.27. The molecular formula is C21H26N2O. The highest BCUT2D eigenvalue weighted by Gasteiger charge is 2.40. The van der Waals surface area contributed by atoms with Gasteiger partial charge in [0.2, 0.25) is 0 Å². The Labute approximate surface area is 144 Å². The first kappa shape index (κ1) is 15.7. The fourth-order valence-corrected chi connectivity index (χ4v) is 4.06. The maximum Gasteiger partial charge on any atom is 0.124 e. The molecule has 126 valence electrons. The van der Waals surface area contributed by atoms with Gasteiger partial charge in [-0.15, -0.1) is 0 Å². The van der Waals surface area contributed by atoms with Crippen LogP contribution in [0.2, 0.25) is 0 Å². The average molecular weight is 322 g/mol. The van der Waals surface area contributed by atoms with E-state index >= 15 is 0 Å². The predicted octanol–water partition coefficient (Wildman–Crippen LogP) is 3.45. The van der Waals surface area contributed by atoms with E-state index in [1.54, 1.807) is 0 Å². The summed E-state index contributed by atoms with van der Waals surface area (Å²) in [6.07, 6.45) is 2.66. The van der Waals surface area contributed by atoms with E-state index in [0.717, 1.165) is 12.3 Å². The molecule has 0 saturated carbocycles. The lowest BCUT2D eigenvalue weighted by molar-refractivity contribution is 0.258. The number of benzene rings is 2. The molecule has 0 aliphatic carbocycles. The minimum absolute atomic E-state index is 0.528. The van der Waals surface area contributed by atoms with E-state index in [2.05, 4.69) is 58.7 Å². The molecule has 3 nitrogen and oxygen atoms in total. The molecule has 0 radical (unpaired) electrons. The first-order chi connectivity index (χ1) is 11.8.